The smallest absolute Gasteiger partial charge is 0.252 e. The van der Waals surface area contributed by atoms with Gasteiger partial charge in [0.15, 0.2) is 17.4 Å². The van der Waals surface area contributed by atoms with Gasteiger partial charge in [-0.1, -0.05) is 25.0 Å². The molecule has 1 amide bonds. The summed E-state index contributed by atoms with van der Waals surface area (Å²) in [5, 5.41) is 6.03. The number of hydrogen-bond acceptors (Lipinski definition) is 6. The number of aromatic nitrogens is 1. The molecule has 28 heavy (non-hydrogen) atoms. The standard InChI is InChI=1S/C20H24FN5O2/c1-11(27)12-5-4-6-13(9-12)24-19-14(18(23)28)10-15(21)20(26-19)25-17-8-3-2-7-16(17)22/h4-6,9-10,16-17H,2-3,7-8,22H2,1H3,(H2,23,28)(H2,24,25,26)/t16-,17+/m0/s1. The van der Waals surface area contributed by atoms with E-state index < -0.39 is 11.7 Å². The molecule has 0 aliphatic heterocycles. The summed E-state index contributed by atoms with van der Waals surface area (Å²) in [4.78, 5) is 27.6. The van der Waals surface area contributed by atoms with Crippen molar-refractivity contribution in [3.05, 3.63) is 47.3 Å². The normalized spacial score (nSPS) is 19.1. The van der Waals surface area contributed by atoms with Gasteiger partial charge in [-0.25, -0.2) is 9.37 Å². The van der Waals surface area contributed by atoms with E-state index in [1.807, 2.05) is 0 Å². The molecule has 1 aromatic heterocycles. The fourth-order valence-corrected chi connectivity index (χ4v) is 3.34. The van der Waals surface area contributed by atoms with Gasteiger partial charge >= 0.3 is 0 Å². The van der Waals surface area contributed by atoms with Crippen LogP contribution >= 0.6 is 0 Å². The number of nitrogens with one attached hydrogen (secondary N) is 2. The van der Waals surface area contributed by atoms with Crippen LogP contribution in [0.25, 0.3) is 0 Å². The number of nitrogens with two attached hydrogens (primary N) is 2. The summed E-state index contributed by atoms with van der Waals surface area (Å²) in [6.45, 7) is 1.46. The van der Waals surface area contributed by atoms with E-state index in [-0.39, 0.29) is 35.1 Å². The third-order valence-electron chi connectivity index (χ3n) is 4.91. The molecular formula is C20H24FN5O2. The molecule has 8 heteroatoms. The zero-order chi connectivity index (χ0) is 20.3. The first kappa shape index (κ1) is 19.8. The van der Waals surface area contributed by atoms with Crippen molar-refractivity contribution in [2.45, 2.75) is 44.7 Å². The number of anilines is 3. The van der Waals surface area contributed by atoms with Gasteiger partial charge < -0.3 is 22.1 Å². The SMILES string of the molecule is CC(=O)c1cccc(Nc2nc(N[C@@H]3CCCC[C@@H]3N)c(F)cc2C(N)=O)c1. The number of primary amides is 1. The summed E-state index contributed by atoms with van der Waals surface area (Å²) in [6, 6.07) is 7.60. The number of carbonyl (C=O) groups excluding carboxylic acids is 2. The van der Waals surface area contributed by atoms with Crippen LogP contribution in [0.15, 0.2) is 30.3 Å². The quantitative estimate of drug-likeness (QED) is 0.567. The van der Waals surface area contributed by atoms with Crippen LogP contribution in [-0.2, 0) is 0 Å². The topological polar surface area (TPSA) is 123 Å². The highest BCUT2D eigenvalue weighted by Crippen LogP contribution is 2.27. The first-order valence-electron chi connectivity index (χ1n) is 9.25. The molecule has 0 saturated heterocycles. The second-order valence-corrected chi connectivity index (χ2v) is 7.04. The van der Waals surface area contributed by atoms with Crippen molar-refractivity contribution >= 4 is 29.0 Å². The molecule has 2 aromatic rings. The lowest BCUT2D eigenvalue weighted by atomic mass is 9.91. The van der Waals surface area contributed by atoms with E-state index in [2.05, 4.69) is 15.6 Å². The molecule has 1 aromatic carbocycles. The summed E-state index contributed by atoms with van der Waals surface area (Å²) in [6.07, 6.45) is 3.75. The fourth-order valence-electron chi connectivity index (χ4n) is 3.34. The Balaban J connectivity index is 1.93. The Morgan fingerprint density at radius 1 is 1.18 bits per heavy atom. The van der Waals surface area contributed by atoms with Gasteiger partial charge in [0, 0.05) is 23.3 Å². The molecule has 1 heterocycles. The number of amides is 1. The molecule has 1 aliphatic carbocycles. The van der Waals surface area contributed by atoms with E-state index in [1.54, 1.807) is 24.3 Å². The molecule has 148 valence electrons. The number of pyridine rings is 1. The maximum Gasteiger partial charge on any atom is 0.252 e. The molecule has 0 bridgehead atoms. The molecule has 3 rings (SSSR count). The molecule has 1 aliphatic rings. The molecule has 0 unspecified atom stereocenters. The summed E-state index contributed by atoms with van der Waals surface area (Å²) in [5.74, 6) is -1.45. The second kappa shape index (κ2) is 8.35. The Hall–Kier alpha value is -3.00. The Morgan fingerprint density at radius 3 is 2.61 bits per heavy atom. The number of benzene rings is 1. The van der Waals surface area contributed by atoms with Gasteiger partial charge in [-0.05, 0) is 38.0 Å². The number of rotatable bonds is 6. The summed E-state index contributed by atoms with van der Waals surface area (Å²) in [7, 11) is 0. The zero-order valence-corrected chi connectivity index (χ0v) is 15.7. The van der Waals surface area contributed by atoms with Gasteiger partial charge in [0.05, 0.1) is 5.56 Å². The number of hydrogen-bond donors (Lipinski definition) is 4. The minimum atomic E-state index is -0.808. The third kappa shape index (κ3) is 4.45. The third-order valence-corrected chi connectivity index (χ3v) is 4.91. The molecule has 2 atom stereocenters. The molecule has 0 radical (unpaired) electrons. The minimum absolute atomic E-state index is 0.0116. The van der Waals surface area contributed by atoms with Crippen LogP contribution in [0.2, 0.25) is 0 Å². The van der Waals surface area contributed by atoms with Crippen LogP contribution in [0.4, 0.5) is 21.7 Å². The maximum absolute atomic E-state index is 14.5. The average molecular weight is 385 g/mol. The van der Waals surface area contributed by atoms with Gasteiger partial charge in [0.2, 0.25) is 0 Å². The van der Waals surface area contributed by atoms with Crippen molar-refractivity contribution < 1.29 is 14.0 Å². The summed E-state index contributed by atoms with van der Waals surface area (Å²) in [5.41, 5.74) is 12.5. The van der Waals surface area contributed by atoms with E-state index in [0.29, 0.717) is 11.3 Å². The van der Waals surface area contributed by atoms with Crippen LogP contribution in [0.5, 0.6) is 0 Å². The highest BCUT2D eigenvalue weighted by molar-refractivity contribution is 5.99. The van der Waals surface area contributed by atoms with Gasteiger partial charge in [0.1, 0.15) is 5.82 Å². The Bertz CT molecular complexity index is 902. The monoisotopic (exact) mass is 385 g/mol. The Morgan fingerprint density at radius 2 is 1.93 bits per heavy atom. The molecule has 1 fully saturated rings. The van der Waals surface area contributed by atoms with Gasteiger partial charge in [-0.3, -0.25) is 9.59 Å². The van der Waals surface area contributed by atoms with E-state index >= 15 is 0 Å². The summed E-state index contributed by atoms with van der Waals surface area (Å²) >= 11 is 0. The van der Waals surface area contributed by atoms with Crippen molar-refractivity contribution in [3.8, 4) is 0 Å². The van der Waals surface area contributed by atoms with Crippen LogP contribution in [0.3, 0.4) is 0 Å². The number of halogens is 1. The van der Waals surface area contributed by atoms with Crippen molar-refractivity contribution in [1.29, 1.82) is 0 Å². The second-order valence-electron chi connectivity index (χ2n) is 7.04. The van der Waals surface area contributed by atoms with Crippen LogP contribution in [0.1, 0.15) is 53.3 Å². The van der Waals surface area contributed by atoms with E-state index in [4.69, 9.17) is 11.5 Å². The molecule has 6 N–H and O–H groups in total. The van der Waals surface area contributed by atoms with Crippen molar-refractivity contribution in [3.63, 3.8) is 0 Å². The predicted octanol–water partition coefficient (Wildman–Crippen LogP) is 2.95. The van der Waals surface area contributed by atoms with Gasteiger partial charge in [0.25, 0.3) is 5.91 Å². The molecule has 7 nitrogen and oxygen atoms in total. The minimum Gasteiger partial charge on any atom is -0.365 e. The Kier molecular flexibility index (Phi) is 5.89. The average Bonchev–Trinajstić information content (AvgIpc) is 2.66. The van der Waals surface area contributed by atoms with Gasteiger partial charge in [-0.2, -0.15) is 0 Å². The van der Waals surface area contributed by atoms with Crippen molar-refractivity contribution in [2.75, 3.05) is 10.6 Å². The van der Waals surface area contributed by atoms with Crippen LogP contribution in [0, 0.1) is 5.82 Å². The molecular weight excluding hydrogens is 361 g/mol. The largest absolute Gasteiger partial charge is 0.365 e. The number of carbonyl (C=O) groups is 2. The van der Waals surface area contributed by atoms with E-state index in [1.165, 1.54) is 6.92 Å². The number of nitrogens with zero attached hydrogens (tertiary/aromatic N) is 1. The first-order valence-corrected chi connectivity index (χ1v) is 9.25. The predicted molar refractivity (Wildman–Crippen MR) is 106 cm³/mol. The number of ketones is 1. The highest BCUT2D eigenvalue weighted by Gasteiger charge is 2.24. The first-order chi connectivity index (χ1) is 13.3. The fraction of sp³-hybridized carbons (Fsp3) is 0.350. The van der Waals surface area contributed by atoms with Crippen LogP contribution < -0.4 is 22.1 Å². The van der Waals surface area contributed by atoms with E-state index in [0.717, 1.165) is 31.7 Å². The highest BCUT2D eigenvalue weighted by atomic mass is 19.1. The van der Waals surface area contributed by atoms with Crippen molar-refractivity contribution in [2.24, 2.45) is 11.5 Å². The summed E-state index contributed by atoms with van der Waals surface area (Å²) < 4.78 is 14.5. The lowest BCUT2D eigenvalue weighted by Gasteiger charge is -2.30. The van der Waals surface area contributed by atoms with Crippen molar-refractivity contribution in [1.82, 2.24) is 4.98 Å². The van der Waals surface area contributed by atoms with Gasteiger partial charge in [-0.15, -0.1) is 0 Å². The zero-order valence-electron chi connectivity index (χ0n) is 15.7. The van der Waals surface area contributed by atoms with Crippen LogP contribution in [-0.4, -0.2) is 28.8 Å². The van der Waals surface area contributed by atoms with E-state index in [9.17, 15) is 14.0 Å². The molecule has 1 saturated carbocycles. The molecule has 0 spiro atoms. The Labute approximate surface area is 162 Å². The number of Topliss-reactive ketones (excluding diaryl/α,β-unsaturated/α-hetero) is 1. The lowest BCUT2D eigenvalue weighted by Crippen LogP contribution is -2.43. The lowest BCUT2D eigenvalue weighted by molar-refractivity contribution is 0.0996. The maximum atomic E-state index is 14.5.